The SMILES string of the molecule is COc1cccc(NC(=O)CN(Cc2ccc(Br)cc2)S(=O)(=O)c2ccccc2)c1. The average molecular weight is 489 g/mol. The maximum Gasteiger partial charge on any atom is 0.243 e. The molecule has 156 valence electrons. The van der Waals surface area contributed by atoms with E-state index in [1.165, 1.54) is 23.5 Å². The van der Waals surface area contributed by atoms with E-state index in [-0.39, 0.29) is 18.0 Å². The summed E-state index contributed by atoms with van der Waals surface area (Å²) in [6.07, 6.45) is 0. The van der Waals surface area contributed by atoms with Crippen LogP contribution in [0.3, 0.4) is 0 Å². The number of benzene rings is 3. The average Bonchev–Trinajstić information content (AvgIpc) is 2.75. The molecule has 30 heavy (non-hydrogen) atoms. The van der Waals surface area contributed by atoms with E-state index in [0.717, 1.165) is 10.0 Å². The number of nitrogens with zero attached hydrogens (tertiary/aromatic N) is 1. The fraction of sp³-hybridized carbons (Fsp3) is 0.136. The number of halogens is 1. The minimum absolute atomic E-state index is 0.0655. The standard InChI is InChI=1S/C22H21BrN2O4S/c1-29-20-7-5-6-19(14-20)24-22(26)16-25(15-17-10-12-18(23)13-11-17)30(27,28)21-8-3-2-4-9-21/h2-14H,15-16H2,1H3,(H,24,26). The lowest BCUT2D eigenvalue weighted by atomic mass is 10.2. The van der Waals surface area contributed by atoms with E-state index in [9.17, 15) is 13.2 Å². The van der Waals surface area contributed by atoms with E-state index in [1.807, 2.05) is 24.3 Å². The Labute approximate surface area is 184 Å². The van der Waals surface area contributed by atoms with Crippen LogP contribution in [0.1, 0.15) is 5.56 Å². The van der Waals surface area contributed by atoms with E-state index in [2.05, 4.69) is 21.2 Å². The number of amides is 1. The molecule has 3 rings (SSSR count). The van der Waals surface area contributed by atoms with Crippen LogP contribution in [0.4, 0.5) is 5.69 Å². The Morgan fingerprint density at radius 1 is 1.00 bits per heavy atom. The molecule has 0 atom stereocenters. The van der Waals surface area contributed by atoms with Gasteiger partial charge in [-0.1, -0.05) is 52.3 Å². The molecule has 1 amide bonds. The van der Waals surface area contributed by atoms with Crippen molar-refractivity contribution < 1.29 is 17.9 Å². The number of carbonyl (C=O) groups excluding carboxylic acids is 1. The summed E-state index contributed by atoms with van der Waals surface area (Å²) >= 11 is 3.37. The molecule has 0 aliphatic rings. The molecule has 0 heterocycles. The Hall–Kier alpha value is -2.68. The van der Waals surface area contributed by atoms with Gasteiger partial charge >= 0.3 is 0 Å². The predicted octanol–water partition coefficient (Wildman–Crippen LogP) is 4.29. The Balaban J connectivity index is 1.84. The minimum atomic E-state index is -3.87. The van der Waals surface area contributed by atoms with E-state index in [0.29, 0.717) is 11.4 Å². The van der Waals surface area contributed by atoms with E-state index in [1.54, 1.807) is 42.5 Å². The highest BCUT2D eigenvalue weighted by Crippen LogP contribution is 2.21. The molecule has 0 aromatic heterocycles. The van der Waals surface area contributed by atoms with E-state index < -0.39 is 15.9 Å². The molecular weight excluding hydrogens is 468 g/mol. The molecule has 3 aromatic rings. The molecule has 8 heteroatoms. The number of hydrogen-bond donors (Lipinski definition) is 1. The van der Waals surface area contributed by atoms with Crippen LogP contribution < -0.4 is 10.1 Å². The van der Waals surface area contributed by atoms with Gasteiger partial charge in [-0.25, -0.2) is 8.42 Å². The van der Waals surface area contributed by atoms with Crippen molar-refractivity contribution in [1.29, 1.82) is 0 Å². The van der Waals surface area contributed by atoms with Gasteiger partial charge in [-0.15, -0.1) is 0 Å². The summed E-state index contributed by atoms with van der Waals surface area (Å²) in [6, 6.07) is 22.3. The summed E-state index contributed by atoms with van der Waals surface area (Å²) in [4.78, 5) is 12.8. The van der Waals surface area contributed by atoms with Gasteiger partial charge in [0.2, 0.25) is 15.9 Å². The molecule has 3 aromatic carbocycles. The minimum Gasteiger partial charge on any atom is -0.497 e. The number of ether oxygens (including phenoxy) is 1. The monoisotopic (exact) mass is 488 g/mol. The fourth-order valence-electron chi connectivity index (χ4n) is 2.82. The van der Waals surface area contributed by atoms with E-state index >= 15 is 0 Å². The molecule has 0 bridgehead atoms. The van der Waals surface area contributed by atoms with Gasteiger partial charge in [0.05, 0.1) is 18.6 Å². The molecule has 0 unspecified atom stereocenters. The largest absolute Gasteiger partial charge is 0.497 e. The summed E-state index contributed by atoms with van der Waals surface area (Å²) in [5, 5.41) is 2.73. The number of sulfonamides is 1. The molecular formula is C22H21BrN2O4S. The van der Waals surface area contributed by atoms with Crippen molar-refractivity contribution in [2.45, 2.75) is 11.4 Å². The first-order valence-electron chi connectivity index (χ1n) is 9.12. The van der Waals surface area contributed by atoms with Crippen molar-refractivity contribution in [2.75, 3.05) is 19.0 Å². The van der Waals surface area contributed by atoms with Gasteiger partial charge < -0.3 is 10.1 Å². The first-order chi connectivity index (χ1) is 14.4. The Morgan fingerprint density at radius 3 is 2.37 bits per heavy atom. The number of hydrogen-bond acceptors (Lipinski definition) is 4. The first-order valence-corrected chi connectivity index (χ1v) is 11.4. The lowest BCUT2D eigenvalue weighted by molar-refractivity contribution is -0.116. The van der Waals surface area contributed by atoms with Crippen molar-refractivity contribution in [3.05, 3.63) is 88.9 Å². The summed E-state index contributed by atoms with van der Waals surface area (Å²) in [6.45, 7) is -0.263. The highest BCUT2D eigenvalue weighted by atomic mass is 79.9. The highest BCUT2D eigenvalue weighted by Gasteiger charge is 2.27. The number of methoxy groups -OCH3 is 1. The van der Waals surface area contributed by atoms with Crippen molar-refractivity contribution in [3.8, 4) is 5.75 Å². The molecule has 0 saturated carbocycles. The second-order valence-electron chi connectivity index (χ2n) is 6.49. The summed E-state index contributed by atoms with van der Waals surface area (Å²) in [5.41, 5.74) is 1.30. The number of carbonyl (C=O) groups is 1. The van der Waals surface area contributed by atoms with Crippen LogP contribution in [0.25, 0.3) is 0 Å². The lowest BCUT2D eigenvalue weighted by Gasteiger charge is -2.22. The normalized spacial score (nSPS) is 11.3. The highest BCUT2D eigenvalue weighted by molar-refractivity contribution is 9.10. The van der Waals surface area contributed by atoms with Gasteiger partial charge in [0.1, 0.15) is 5.75 Å². The number of nitrogens with one attached hydrogen (secondary N) is 1. The summed E-state index contributed by atoms with van der Waals surface area (Å²) < 4.78 is 33.6. The van der Waals surface area contributed by atoms with Gasteiger partial charge in [0, 0.05) is 22.8 Å². The summed E-state index contributed by atoms with van der Waals surface area (Å²) in [5.74, 6) is 0.149. The zero-order chi connectivity index (χ0) is 21.6. The molecule has 0 radical (unpaired) electrons. The topological polar surface area (TPSA) is 75.7 Å². The quantitative estimate of drug-likeness (QED) is 0.513. The number of rotatable bonds is 8. The van der Waals surface area contributed by atoms with Crippen molar-refractivity contribution in [1.82, 2.24) is 4.31 Å². The predicted molar refractivity (Wildman–Crippen MR) is 120 cm³/mol. The Bertz CT molecular complexity index is 1100. The van der Waals surface area contributed by atoms with Gasteiger partial charge in [-0.3, -0.25) is 4.79 Å². The third-order valence-electron chi connectivity index (χ3n) is 4.33. The number of anilines is 1. The van der Waals surface area contributed by atoms with Crippen LogP contribution in [0.15, 0.2) is 88.2 Å². The van der Waals surface area contributed by atoms with Crippen LogP contribution >= 0.6 is 15.9 Å². The maximum atomic E-state index is 13.2. The van der Waals surface area contributed by atoms with Crippen molar-refractivity contribution >= 4 is 37.5 Å². The van der Waals surface area contributed by atoms with Crippen LogP contribution in [0.5, 0.6) is 5.75 Å². The molecule has 0 aliphatic heterocycles. The summed E-state index contributed by atoms with van der Waals surface area (Å²) in [7, 11) is -2.34. The van der Waals surface area contributed by atoms with E-state index in [4.69, 9.17) is 4.74 Å². The van der Waals surface area contributed by atoms with Crippen LogP contribution in [-0.4, -0.2) is 32.3 Å². The van der Waals surface area contributed by atoms with Gasteiger partial charge in [0.15, 0.2) is 0 Å². The maximum absolute atomic E-state index is 13.2. The zero-order valence-corrected chi connectivity index (χ0v) is 18.7. The Morgan fingerprint density at radius 2 is 1.70 bits per heavy atom. The third-order valence-corrected chi connectivity index (χ3v) is 6.66. The molecule has 6 nitrogen and oxygen atoms in total. The molecule has 0 spiro atoms. The second kappa shape index (κ2) is 9.88. The Kier molecular flexibility index (Phi) is 7.25. The van der Waals surface area contributed by atoms with Crippen LogP contribution in [0, 0.1) is 0 Å². The smallest absolute Gasteiger partial charge is 0.243 e. The van der Waals surface area contributed by atoms with Crippen molar-refractivity contribution in [2.24, 2.45) is 0 Å². The van der Waals surface area contributed by atoms with Crippen molar-refractivity contribution in [3.63, 3.8) is 0 Å². The van der Waals surface area contributed by atoms with Crippen LogP contribution in [-0.2, 0) is 21.4 Å². The second-order valence-corrected chi connectivity index (χ2v) is 9.35. The lowest BCUT2D eigenvalue weighted by Crippen LogP contribution is -2.37. The first kappa shape index (κ1) is 22.0. The molecule has 0 fully saturated rings. The zero-order valence-electron chi connectivity index (χ0n) is 16.3. The molecule has 0 saturated heterocycles. The third kappa shape index (κ3) is 5.69. The fourth-order valence-corrected chi connectivity index (χ4v) is 4.49. The molecule has 1 N–H and O–H groups in total. The van der Waals surface area contributed by atoms with Gasteiger partial charge in [0.25, 0.3) is 0 Å². The molecule has 0 aliphatic carbocycles. The van der Waals surface area contributed by atoms with Crippen LogP contribution in [0.2, 0.25) is 0 Å². The van der Waals surface area contributed by atoms with Gasteiger partial charge in [-0.2, -0.15) is 4.31 Å². The van der Waals surface area contributed by atoms with Gasteiger partial charge in [-0.05, 0) is 42.0 Å².